The molecule has 8 nitrogen and oxygen atoms in total. The van der Waals surface area contributed by atoms with E-state index in [1.54, 1.807) is 17.2 Å². The van der Waals surface area contributed by atoms with Gasteiger partial charge in [0.25, 0.3) is 0 Å². The minimum atomic E-state index is -0.566. The summed E-state index contributed by atoms with van der Waals surface area (Å²) in [5, 5.41) is 5.08. The number of aromatic nitrogens is 2. The topological polar surface area (TPSA) is 96.5 Å². The summed E-state index contributed by atoms with van der Waals surface area (Å²) in [6.07, 6.45) is 7.84. The zero-order chi connectivity index (χ0) is 18.4. The standard InChI is InChI=1S/C17H23N5O3/c1-5-9-19-15(23)21-13-8-10-18-14(20-13)12-7-6-11-22(12)16(24)25-17(2,3)4/h1,8,10,12H,6-7,9,11H2,2-4H3,(H2,18,19,20,21,23). The van der Waals surface area contributed by atoms with Gasteiger partial charge in [0.05, 0.1) is 12.6 Å². The van der Waals surface area contributed by atoms with Crippen molar-refractivity contribution in [3.63, 3.8) is 0 Å². The van der Waals surface area contributed by atoms with Crippen LogP contribution in [0.5, 0.6) is 0 Å². The fourth-order valence-electron chi connectivity index (χ4n) is 2.47. The van der Waals surface area contributed by atoms with Gasteiger partial charge in [-0.25, -0.2) is 19.6 Å². The number of anilines is 1. The summed E-state index contributed by atoms with van der Waals surface area (Å²) in [6.45, 7) is 6.19. The lowest BCUT2D eigenvalue weighted by atomic mass is 10.2. The highest BCUT2D eigenvalue weighted by molar-refractivity contribution is 5.88. The largest absolute Gasteiger partial charge is 0.444 e. The van der Waals surface area contributed by atoms with E-state index in [0.29, 0.717) is 18.2 Å². The Labute approximate surface area is 147 Å². The number of urea groups is 1. The van der Waals surface area contributed by atoms with Crippen LogP contribution in [0.3, 0.4) is 0 Å². The van der Waals surface area contributed by atoms with Crippen molar-refractivity contribution in [1.82, 2.24) is 20.2 Å². The van der Waals surface area contributed by atoms with Crippen molar-refractivity contribution < 1.29 is 14.3 Å². The number of hydrogen-bond donors (Lipinski definition) is 2. The molecule has 0 bridgehead atoms. The number of nitrogens with zero attached hydrogens (tertiary/aromatic N) is 3. The molecule has 8 heteroatoms. The molecule has 3 amide bonds. The Morgan fingerprint density at radius 1 is 1.48 bits per heavy atom. The second-order valence-electron chi connectivity index (χ2n) is 6.64. The van der Waals surface area contributed by atoms with Crippen molar-refractivity contribution in [2.24, 2.45) is 0 Å². The number of amides is 3. The average molecular weight is 345 g/mol. The molecule has 0 spiro atoms. The number of rotatable bonds is 3. The molecule has 1 aliphatic rings. The monoisotopic (exact) mass is 345 g/mol. The van der Waals surface area contributed by atoms with Crippen LogP contribution in [-0.2, 0) is 4.74 Å². The van der Waals surface area contributed by atoms with E-state index in [0.717, 1.165) is 12.8 Å². The first-order valence-electron chi connectivity index (χ1n) is 8.11. The minimum absolute atomic E-state index is 0.124. The maximum Gasteiger partial charge on any atom is 0.410 e. The van der Waals surface area contributed by atoms with Crippen LogP contribution in [0.15, 0.2) is 12.3 Å². The molecular formula is C17H23N5O3. The van der Waals surface area contributed by atoms with Crippen molar-refractivity contribution in [2.45, 2.75) is 45.3 Å². The summed E-state index contributed by atoms with van der Waals surface area (Å²) < 4.78 is 5.45. The normalized spacial score (nSPS) is 16.9. The third kappa shape index (κ3) is 5.35. The molecule has 2 N–H and O–H groups in total. The molecule has 134 valence electrons. The predicted molar refractivity (Wildman–Crippen MR) is 92.8 cm³/mol. The van der Waals surface area contributed by atoms with Crippen molar-refractivity contribution in [2.75, 3.05) is 18.4 Å². The van der Waals surface area contributed by atoms with E-state index in [1.165, 1.54) is 0 Å². The summed E-state index contributed by atoms with van der Waals surface area (Å²) in [5.41, 5.74) is -0.566. The summed E-state index contributed by atoms with van der Waals surface area (Å²) in [4.78, 5) is 34.3. The molecular weight excluding hydrogens is 322 g/mol. The Balaban J connectivity index is 2.09. The molecule has 2 heterocycles. The number of hydrogen-bond acceptors (Lipinski definition) is 5. The fraction of sp³-hybridized carbons (Fsp3) is 0.529. The van der Waals surface area contributed by atoms with Gasteiger partial charge in [-0.1, -0.05) is 5.92 Å². The quantitative estimate of drug-likeness (QED) is 0.820. The van der Waals surface area contributed by atoms with Gasteiger partial charge in [-0.05, 0) is 39.7 Å². The highest BCUT2D eigenvalue weighted by atomic mass is 16.6. The molecule has 0 aromatic carbocycles. The maximum atomic E-state index is 12.4. The van der Waals surface area contributed by atoms with Crippen LogP contribution in [0.1, 0.15) is 45.5 Å². The fourth-order valence-corrected chi connectivity index (χ4v) is 2.47. The van der Waals surface area contributed by atoms with Gasteiger partial charge >= 0.3 is 12.1 Å². The smallest absolute Gasteiger partial charge is 0.410 e. The molecule has 2 rings (SSSR count). The lowest BCUT2D eigenvalue weighted by Crippen LogP contribution is -2.37. The average Bonchev–Trinajstić information content (AvgIpc) is 3.01. The predicted octanol–water partition coefficient (Wildman–Crippen LogP) is 2.30. The van der Waals surface area contributed by atoms with Crippen molar-refractivity contribution in [3.8, 4) is 12.3 Å². The number of nitrogens with one attached hydrogen (secondary N) is 2. The number of likely N-dealkylation sites (tertiary alicyclic amines) is 1. The van der Waals surface area contributed by atoms with Crippen LogP contribution in [0.25, 0.3) is 0 Å². The van der Waals surface area contributed by atoms with E-state index in [-0.39, 0.29) is 18.7 Å². The molecule has 25 heavy (non-hydrogen) atoms. The van der Waals surface area contributed by atoms with E-state index < -0.39 is 11.6 Å². The highest BCUT2D eigenvalue weighted by Crippen LogP contribution is 2.31. The highest BCUT2D eigenvalue weighted by Gasteiger charge is 2.34. The van der Waals surface area contributed by atoms with E-state index in [9.17, 15) is 9.59 Å². The first kappa shape index (κ1) is 18.5. The zero-order valence-corrected chi connectivity index (χ0v) is 14.7. The van der Waals surface area contributed by atoms with Gasteiger partial charge in [0.15, 0.2) is 5.82 Å². The van der Waals surface area contributed by atoms with Crippen LogP contribution < -0.4 is 10.6 Å². The first-order chi connectivity index (χ1) is 11.8. The second-order valence-corrected chi connectivity index (χ2v) is 6.64. The van der Waals surface area contributed by atoms with Crippen LogP contribution in [-0.4, -0.2) is 45.7 Å². The van der Waals surface area contributed by atoms with E-state index in [2.05, 4.69) is 26.5 Å². The van der Waals surface area contributed by atoms with Gasteiger partial charge in [-0.3, -0.25) is 10.2 Å². The number of ether oxygens (including phenoxy) is 1. The Bertz CT molecular complexity index is 678. The lowest BCUT2D eigenvalue weighted by Gasteiger charge is -2.28. The van der Waals surface area contributed by atoms with Gasteiger partial charge in [0, 0.05) is 12.7 Å². The summed E-state index contributed by atoms with van der Waals surface area (Å²) in [6, 6.07) is 0.856. The number of carbonyl (C=O) groups is 2. The van der Waals surface area contributed by atoms with E-state index in [1.807, 2.05) is 20.8 Å². The summed E-state index contributed by atoms with van der Waals surface area (Å²) >= 11 is 0. The minimum Gasteiger partial charge on any atom is -0.444 e. The van der Waals surface area contributed by atoms with E-state index >= 15 is 0 Å². The molecule has 1 fully saturated rings. The summed E-state index contributed by atoms with van der Waals surface area (Å²) in [7, 11) is 0. The third-order valence-corrected chi connectivity index (χ3v) is 3.45. The molecule has 0 saturated carbocycles. The van der Waals surface area contributed by atoms with Crippen LogP contribution in [0, 0.1) is 12.3 Å². The Morgan fingerprint density at radius 3 is 2.92 bits per heavy atom. The van der Waals surface area contributed by atoms with Gasteiger partial charge in [0.1, 0.15) is 11.4 Å². The van der Waals surface area contributed by atoms with Crippen molar-refractivity contribution >= 4 is 17.9 Å². The molecule has 1 aromatic heterocycles. The SMILES string of the molecule is C#CCNC(=O)Nc1ccnc(C2CCCN2C(=O)OC(C)(C)C)n1. The van der Waals surface area contributed by atoms with Gasteiger partial charge in [-0.2, -0.15) is 0 Å². The molecule has 0 aliphatic carbocycles. The maximum absolute atomic E-state index is 12.4. The molecule has 1 aromatic rings. The number of terminal acetylenes is 1. The molecule has 1 atom stereocenters. The Morgan fingerprint density at radius 2 is 2.24 bits per heavy atom. The molecule has 0 radical (unpaired) electrons. The zero-order valence-electron chi connectivity index (χ0n) is 14.7. The lowest BCUT2D eigenvalue weighted by molar-refractivity contribution is 0.0218. The summed E-state index contributed by atoms with van der Waals surface area (Å²) in [5.74, 6) is 3.13. The Hall–Kier alpha value is -2.82. The van der Waals surface area contributed by atoms with Crippen LogP contribution >= 0.6 is 0 Å². The van der Waals surface area contributed by atoms with Gasteiger partial charge in [0.2, 0.25) is 0 Å². The van der Waals surface area contributed by atoms with Crippen molar-refractivity contribution in [1.29, 1.82) is 0 Å². The van der Waals surface area contributed by atoms with Crippen LogP contribution in [0.2, 0.25) is 0 Å². The van der Waals surface area contributed by atoms with Gasteiger partial charge < -0.3 is 10.1 Å². The van der Waals surface area contributed by atoms with E-state index in [4.69, 9.17) is 11.2 Å². The second kappa shape index (κ2) is 7.83. The van der Waals surface area contributed by atoms with Crippen LogP contribution in [0.4, 0.5) is 15.4 Å². The van der Waals surface area contributed by atoms with Crippen molar-refractivity contribution in [3.05, 3.63) is 18.1 Å². The first-order valence-corrected chi connectivity index (χ1v) is 8.11. The molecule has 1 aliphatic heterocycles. The molecule has 1 saturated heterocycles. The third-order valence-electron chi connectivity index (χ3n) is 3.45. The molecule has 1 unspecified atom stereocenters. The van der Waals surface area contributed by atoms with Gasteiger partial charge in [-0.15, -0.1) is 6.42 Å². The number of carbonyl (C=O) groups excluding carboxylic acids is 2. The Kier molecular flexibility index (Phi) is 5.80.